The van der Waals surface area contributed by atoms with E-state index >= 15 is 0 Å². The summed E-state index contributed by atoms with van der Waals surface area (Å²) in [5.41, 5.74) is 0.595. The number of aliphatic carboxylic acids is 2. The third-order valence-corrected chi connectivity index (χ3v) is 5.32. The first kappa shape index (κ1) is 18.2. The molecule has 0 aliphatic heterocycles. The molecule has 0 saturated carbocycles. The Labute approximate surface area is 129 Å². The highest BCUT2D eigenvalue weighted by molar-refractivity contribution is 7.91. The van der Waals surface area contributed by atoms with E-state index in [1.54, 1.807) is 30.3 Å². The van der Waals surface area contributed by atoms with E-state index in [0.29, 0.717) is 5.56 Å². The first-order valence-corrected chi connectivity index (χ1v) is 8.79. The number of carboxylic acids is 2. The van der Waals surface area contributed by atoms with E-state index in [9.17, 15) is 23.1 Å². The second-order valence-electron chi connectivity index (χ2n) is 5.09. The number of benzene rings is 1. The third kappa shape index (κ3) is 5.48. The van der Waals surface area contributed by atoms with Gasteiger partial charge in [0.05, 0.1) is 11.7 Å². The molecule has 1 aromatic rings. The van der Waals surface area contributed by atoms with Crippen molar-refractivity contribution in [1.82, 2.24) is 0 Å². The van der Waals surface area contributed by atoms with Gasteiger partial charge in [-0.25, -0.2) is 8.42 Å². The van der Waals surface area contributed by atoms with Crippen molar-refractivity contribution < 1.29 is 28.2 Å². The molecule has 2 atom stereocenters. The normalized spacial score (nSPS) is 14.2. The SMILES string of the molecule is CCS(=O)(=O)CC(c1ccccc1)C(CCC(=O)O)C(=O)O. The van der Waals surface area contributed by atoms with Gasteiger partial charge in [-0.2, -0.15) is 0 Å². The number of rotatable bonds is 9. The summed E-state index contributed by atoms with van der Waals surface area (Å²) in [7, 11) is -3.39. The topological polar surface area (TPSA) is 109 Å². The van der Waals surface area contributed by atoms with Crippen molar-refractivity contribution >= 4 is 21.8 Å². The predicted molar refractivity (Wildman–Crippen MR) is 81.5 cm³/mol. The fourth-order valence-electron chi connectivity index (χ4n) is 2.31. The van der Waals surface area contributed by atoms with Crippen LogP contribution in [0, 0.1) is 5.92 Å². The van der Waals surface area contributed by atoms with Gasteiger partial charge in [-0.05, 0) is 12.0 Å². The van der Waals surface area contributed by atoms with Gasteiger partial charge >= 0.3 is 11.9 Å². The minimum Gasteiger partial charge on any atom is -0.481 e. The van der Waals surface area contributed by atoms with Crippen LogP contribution in [-0.2, 0) is 19.4 Å². The molecule has 0 aliphatic carbocycles. The van der Waals surface area contributed by atoms with E-state index in [1.165, 1.54) is 6.92 Å². The van der Waals surface area contributed by atoms with Crippen LogP contribution in [0.15, 0.2) is 30.3 Å². The highest BCUT2D eigenvalue weighted by Crippen LogP contribution is 2.30. The zero-order valence-corrected chi connectivity index (χ0v) is 13.1. The first-order valence-electron chi connectivity index (χ1n) is 6.96. The summed E-state index contributed by atoms with van der Waals surface area (Å²) in [4.78, 5) is 22.2. The Kier molecular flexibility index (Phi) is 6.55. The number of hydrogen-bond donors (Lipinski definition) is 2. The van der Waals surface area contributed by atoms with Crippen molar-refractivity contribution in [2.24, 2.45) is 5.92 Å². The molecule has 122 valence electrons. The molecule has 1 rings (SSSR count). The molecule has 2 unspecified atom stereocenters. The van der Waals surface area contributed by atoms with Crippen LogP contribution in [0.4, 0.5) is 0 Å². The fraction of sp³-hybridized carbons (Fsp3) is 0.467. The highest BCUT2D eigenvalue weighted by atomic mass is 32.2. The molecule has 0 bridgehead atoms. The maximum atomic E-state index is 11.9. The van der Waals surface area contributed by atoms with Crippen LogP contribution in [0.1, 0.15) is 31.2 Å². The molecule has 1 aromatic carbocycles. The van der Waals surface area contributed by atoms with Crippen molar-refractivity contribution in [1.29, 1.82) is 0 Å². The summed E-state index contributed by atoms with van der Waals surface area (Å²) in [5, 5.41) is 18.2. The third-order valence-electron chi connectivity index (χ3n) is 3.57. The molecule has 7 heteroatoms. The van der Waals surface area contributed by atoms with Gasteiger partial charge in [-0.15, -0.1) is 0 Å². The molecule has 0 aliphatic rings. The lowest BCUT2D eigenvalue weighted by atomic mass is 9.84. The molecule has 0 amide bonds. The van der Waals surface area contributed by atoms with Crippen LogP contribution in [0.3, 0.4) is 0 Å². The Morgan fingerprint density at radius 2 is 1.73 bits per heavy atom. The molecular weight excluding hydrogens is 308 g/mol. The van der Waals surface area contributed by atoms with Crippen LogP contribution >= 0.6 is 0 Å². The lowest BCUT2D eigenvalue weighted by Crippen LogP contribution is -2.29. The Morgan fingerprint density at radius 1 is 1.14 bits per heavy atom. The molecule has 2 N–H and O–H groups in total. The Balaban J connectivity index is 3.15. The summed E-state index contributed by atoms with van der Waals surface area (Å²) in [6, 6.07) is 8.51. The van der Waals surface area contributed by atoms with E-state index in [1.807, 2.05) is 0 Å². The predicted octanol–water partition coefficient (Wildman–Crippen LogP) is 1.77. The zero-order chi connectivity index (χ0) is 16.8. The van der Waals surface area contributed by atoms with Crippen molar-refractivity contribution in [2.45, 2.75) is 25.7 Å². The minimum atomic E-state index is -3.39. The van der Waals surface area contributed by atoms with E-state index in [2.05, 4.69) is 0 Å². The van der Waals surface area contributed by atoms with Gasteiger partial charge in [0.15, 0.2) is 9.84 Å². The largest absolute Gasteiger partial charge is 0.481 e. The van der Waals surface area contributed by atoms with Gasteiger partial charge in [-0.1, -0.05) is 37.3 Å². The molecular formula is C15H20O6S. The highest BCUT2D eigenvalue weighted by Gasteiger charge is 2.33. The Hall–Kier alpha value is -1.89. The van der Waals surface area contributed by atoms with Gasteiger partial charge < -0.3 is 10.2 Å². The monoisotopic (exact) mass is 328 g/mol. The Bertz CT molecular complexity index is 608. The average Bonchev–Trinajstić information content (AvgIpc) is 2.46. The van der Waals surface area contributed by atoms with Crippen molar-refractivity contribution in [3.8, 4) is 0 Å². The molecule has 0 spiro atoms. The van der Waals surface area contributed by atoms with Gasteiger partial charge in [0.25, 0.3) is 0 Å². The summed E-state index contributed by atoms with van der Waals surface area (Å²) >= 11 is 0. The standard InChI is InChI=1S/C15H20O6S/c1-2-22(20,21)10-13(11-6-4-3-5-7-11)12(15(18)19)8-9-14(16)17/h3-7,12-13H,2,8-10H2,1H3,(H,16,17)(H,18,19). The van der Waals surface area contributed by atoms with Gasteiger partial charge in [-0.3, -0.25) is 9.59 Å². The van der Waals surface area contributed by atoms with Crippen molar-refractivity contribution in [3.63, 3.8) is 0 Å². The average molecular weight is 328 g/mol. The molecule has 0 heterocycles. The van der Waals surface area contributed by atoms with Gasteiger partial charge in [0.1, 0.15) is 0 Å². The molecule has 6 nitrogen and oxygen atoms in total. The van der Waals surface area contributed by atoms with Crippen molar-refractivity contribution in [2.75, 3.05) is 11.5 Å². The van der Waals surface area contributed by atoms with Crippen LogP contribution in [-0.4, -0.2) is 42.1 Å². The fourth-order valence-corrected chi connectivity index (χ4v) is 3.52. The van der Waals surface area contributed by atoms with Crippen molar-refractivity contribution in [3.05, 3.63) is 35.9 Å². The lowest BCUT2D eigenvalue weighted by Gasteiger charge is -2.24. The number of carboxylic acid groups (broad SMARTS) is 2. The molecule has 0 radical (unpaired) electrons. The molecule has 0 fully saturated rings. The van der Waals surface area contributed by atoms with Gasteiger partial charge in [0.2, 0.25) is 0 Å². The van der Waals surface area contributed by atoms with Crippen LogP contribution < -0.4 is 0 Å². The van der Waals surface area contributed by atoms with Crippen LogP contribution in [0.25, 0.3) is 0 Å². The minimum absolute atomic E-state index is 0.0817. The summed E-state index contributed by atoms with van der Waals surface area (Å²) in [6.07, 6.45) is -0.421. The number of hydrogen-bond acceptors (Lipinski definition) is 4. The van der Waals surface area contributed by atoms with Crippen LogP contribution in [0.2, 0.25) is 0 Å². The van der Waals surface area contributed by atoms with E-state index in [4.69, 9.17) is 5.11 Å². The van der Waals surface area contributed by atoms with E-state index in [-0.39, 0.29) is 24.3 Å². The summed E-state index contributed by atoms with van der Waals surface area (Å²) < 4.78 is 23.9. The number of sulfone groups is 1. The second kappa shape index (κ2) is 7.93. The van der Waals surface area contributed by atoms with Crippen LogP contribution in [0.5, 0.6) is 0 Å². The first-order chi connectivity index (χ1) is 10.3. The summed E-state index contributed by atoms with van der Waals surface area (Å²) in [5.74, 6) is -4.48. The number of carbonyl (C=O) groups is 2. The van der Waals surface area contributed by atoms with E-state index in [0.717, 1.165) is 0 Å². The molecule has 0 saturated heterocycles. The lowest BCUT2D eigenvalue weighted by molar-refractivity contribution is -0.143. The molecule has 22 heavy (non-hydrogen) atoms. The zero-order valence-electron chi connectivity index (χ0n) is 12.3. The molecule has 0 aromatic heterocycles. The Morgan fingerprint density at radius 3 is 2.18 bits per heavy atom. The summed E-state index contributed by atoms with van der Waals surface area (Å²) in [6.45, 7) is 1.50. The smallest absolute Gasteiger partial charge is 0.307 e. The van der Waals surface area contributed by atoms with E-state index < -0.39 is 33.6 Å². The quantitative estimate of drug-likeness (QED) is 0.715. The second-order valence-corrected chi connectivity index (χ2v) is 7.49. The maximum absolute atomic E-state index is 11.9. The maximum Gasteiger partial charge on any atom is 0.307 e. The van der Waals surface area contributed by atoms with Gasteiger partial charge in [0, 0.05) is 18.1 Å².